The summed E-state index contributed by atoms with van der Waals surface area (Å²) in [5.41, 5.74) is 1.71. The van der Waals surface area contributed by atoms with Crippen LogP contribution in [0.2, 0.25) is 0 Å². The predicted molar refractivity (Wildman–Crippen MR) is 182 cm³/mol. The number of ether oxygens (including phenoxy) is 2. The lowest BCUT2D eigenvalue weighted by Gasteiger charge is -2.21. The first kappa shape index (κ1) is 35.8. The van der Waals surface area contributed by atoms with Gasteiger partial charge in [0.2, 0.25) is 5.69 Å². The summed E-state index contributed by atoms with van der Waals surface area (Å²) in [4.78, 5) is 28.7. The number of rotatable bonds is 22. The van der Waals surface area contributed by atoms with Crippen molar-refractivity contribution in [1.29, 1.82) is 0 Å². The van der Waals surface area contributed by atoms with Gasteiger partial charge in [0.1, 0.15) is 13.1 Å². The molecule has 2 aromatic carbocycles. The van der Waals surface area contributed by atoms with Crippen LogP contribution in [0.1, 0.15) is 130 Å². The molecule has 45 heavy (non-hydrogen) atoms. The largest absolute Gasteiger partial charge is 0.493 e. The molecule has 0 aliphatic rings. The summed E-state index contributed by atoms with van der Waals surface area (Å²) in [7, 11) is 1.57. The smallest absolute Gasteiger partial charge is 0.261 e. The van der Waals surface area contributed by atoms with Crippen molar-refractivity contribution in [3.05, 3.63) is 89.7 Å². The molecule has 1 aromatic heterocycles. The van der Waals surface area contributed by atoms with Crippen LogP contribution in [0.25, 0.3) is 0 Å². The van der Waals surface area contributed by atoms with Crippen molar-refractivity contribution in [3.8, 4) is 11.5 Å². The molecular formula is C39H55N2O4+. The number of benzene rings is 2. The maximum Gasteiger partial charge on any atom is 0.261 e. The van der Waals surface area contributed by atoms with Gasteiger partial charge in [0.25, 0.3) is 11.8 Å². The van der Waals surface area contributed by atoms with Crippen molar-refractivity contribution in [2.45, 2.75) is 117 Å². The average Bonchev–Trinajstić information content (AvgIpc) is 3.08. The summed E-state index contributed by atoms with van der Waals surface area (Å²) in [6.45, 7) is 5.80. The summed E-state index contributed by atoms with van der Waals surface area (Å²) < 4.78 is 13.7. The maximum atomic E-state index is 13.9. The Labute approximate surface area is 271 Å². The van der Waals surface area contributed by atoms with Gasteiger partial charge in [-0.2, -0.15) is 0 Å². The van der Waals surface area contributed by atoms with Crippen LogP contribution < -0.4 is 14.0 Å². The lowest BCUT2D eigenvalue weighted by molar-refractivity contribution is -0.701. The van der Waals surface area contributed by atoms with Gasteiger partial charge in [-0.05, 0) is 43.7 Å². The molecule has 6 heteroatoms. The Bertz CT molecular complexity index is 1280. The third-order valence-electron chi connectivity index (χ3n) is 8.37. The zero-order chi connectivity index (χ0) is 32.1. The van der Waals surface area contributed by atoms with E-state index < -0.39 is 0 Å². The highest BCUT2D eigenvalue weighted by molar-refractivity contribution is 6.10. The van der Waals surface area contributed by atoms with Gasteiger partial charge < -0.3 is 9.47 Å². The minimum atomic E-state index is -0.382. The first-order valence-corrected chi connectivity index (χ1v) is 17.3. The number of hydrogen-bond acceptors (Lipinski definition) is 4. The summed E-state index contributed by atoms with van der Waals surface area (Å²) in [6, 6.07) is 19.9. The Hall–Kier alpha value is -3.67. The molecule has 0 spiro atoms. The Balaban J connectivity index is 1.49. The Morgan fingerprint density at radius 1 is 0.644 bits per heavy atom. The highest BCUT2D eigenvalue weighted by Crippen LogP contribution is 2.29. The molecule has 244 valence electrons. The molecule has 2 amide bonds. The molecule has 0 fully saturated rings. The van der Waals surface area contributed by atoms with Gasteiger partial charge in [-0.15, -0.1) is 0 Å². The topological polar surface area (TPSA) is 59.7 Å². The second kappa shape index (κ2) is 21.1. The minimum Gasteiger partial charge on any atom is -0.493 e. The van der Waals surface area contributed by atoms with Crippen LogP contribution >= 0.6 is 0 Å². The second-order valence-electron chi connectivity index (χ2n) is 11.9. The van der Waals surface area contributed by atoms with Gasteiger partial charge in [0.05, 0.1) is 13.7 Å². The van der Waals surface area contributed by atoms with Gasteiger partial charge in [-0.1, -0.05) is 115 Å². The van der Waals surface area contributed by atoms with Crippen LogP contribution in [0.3, 0.4) is 0 Å². The highest BCUT2D eigenvalue weighted by Gasteiger charge is 2.28. The van der Waals surface area contributed by atoms with E-state index in [0.717, 1.165) is 25.1 Å². The third kappa shape index (κ3) is 12.3. The van der Waals surface area contributed by atoms with Crippen molar-refractivity contribution in [3.63, 3.8) is 0 Å². The van der Waals surface area contributed by atoms with Crippen LogP contribution in [-0.2, 0) is 13.1 Å². The predicted octanol–water partition coefficient (Wildman–Crippen LogP) is 9.35. The zero-order valence-corrected chi connectivity index (χ0v) is 28.0. The quantitative estimate of drug-likeness (QED) is 0.0642. The van der Waals surface area contributed by atoms with E-state index in [1.165, 1.54) is 81.9 Å². The van der Waals surface area contributed by atoms with Gasteiger partial charge >= 0.3 is 0 Å². The number of carbonyl (C=O) groups excluding carboxylic acids is 2. The molecule has 0 radical (unpaired) electrons. The van der Waals surface area contributed by atoms with E-state index >= 15 is 0 Å². The van der Waals surface area contributed by atoms with Crippen molar-refractivity contribution < 1.29 is 23.6 Å². The summed E-state index contributed by atoms with van der Waals surface area (Å²) in [5, 5.41) is 0. The highest BCUT2D eigenvalue weighted by atomic mass is 16.5. The number of unbranched alkanes of at least 4 members (excludes halogenated alkanes) is 13. The van der Waals surface area contributed by atoms with Crippen molar-refractivity contribution >= 4 is 11.8 Å². The van der Waals surface area contributed by atoms with Gasteiger partial charge in [0, 0.05) is 23.3 Å². The Morgan fingerprint density at radius 3 is 1.82 bits per heavy atom. The standard InChI is InChI=1S/C39H55N2O4/c1-4-6-7-8-9-10-11-12-13-14-15-16-17-23-30-45-36-28-27-34(31-37(36)44-3)39(43)41(38(42)33-24-19-18-20-25-33)32-35-26-21-22-29-40(35)5-2/h18-22,24-29,31H,4-17,23,30,32H2,1-3H3/q+1. The first-order valence-electron chi connectivity index (χ1n) is 17.3. The van der Waals surface area contributed by atoms with Crippen LogP contribution in [0.15, 0.2) is 72.9 Å². The van der Waals surface area contributed by atoms with Gasteiger partial charge in [-0.3, -0.25) is 14.5 Å². The summed E-state index contributed by atoms with van der Waals surface area (Å²) in [5.74, 6) is 0.370. The van der Waals surface area contributed by atoms with Crippen molar-refractivity contribution in [2.75, 3.05) is 13.7 Å². The normalized spacial score (nSPS) is 10.9. The third-order valence-corrected chi connectivity index (χ3v) is 8.37. The maximum absolute atomic E-state index is 13.9. The Morgan fingerprint density at radius 2 is 1.22 bits per heavy atom. The number of aromatic nitrogens is 1. The molecule has 0 N–H and O–H groups in total. The number of amides is 2. The molecule has 0 atom stereocenters. The van der Waals surface area contributed by atoms with Crippen LogP contribution in [-0.4, -0.2) is 30.4 Å². The molecule has 0 bridgehead atoms. The fourth-order valence-electron chi connectivity index (χ4n) is 5.65. The number of imide groups is 1. The fourth-order valence-corrected chi connectivity index (χ4v) is 5.65. The average molecular weight is 616 g/mol. The van der Waals surface area contributed by atoms with E-state index in [0.29, 0.717) is 29.2 Å². The van der Waals surface area contributed by atoms with E-state index in [2.05, 4.69) is 6.92 Å². The lowest BCUT2D eigenvalue weighted by Crippen LogP contribution is -2.43. The summed E-state index contributed by atoms with van der Waals surface area (Å²) in [6.07, 6.45) is 20.4. The number of hydrogen-bond donors (Lipinski definition) is 0. The van der Waals surface area contributed by atoms with E-state index in [1.54, 1.807) is 49.6 Å². The van der Waals surface area contributed by atoms with Crippen LogP contribution in [0, 0.1) is 0 Å². The summed E-state index contributed by atoms with van der Waals surface area (Å²) >= 11 is 0. The molecule has 3 rings (SSSR count). The number of methoxy groups -OCH3 is 1. The van der Waals surface area contributed by atoms with Crippen LogP contribution in [0.4, 0.5) is 0 Å². The minimum absolute atomic E-state index is 0.154. The monoisotopic (exact) mass is 615 g/mol. The number of pyridine rings is 1. The number of carbonyl (C=O) groups is 2. The molecule has 0 aliphatic carbocycles. The van der Waals surface area contributed by atoms with Gasteiger partial charge in [-0.25, -0.2) is 4.57 Å². The van der Waals surface area contributed by atoms with E-state index in [1.807, 2.05) is 42.0 Å². The SMILES string of the molecule is CCCCCCCCCCCCCCCCOc1ccc(C(=O)N(Cc2cccc[n+]2CC)C(=O)c2ccccc2)cc1OC. The Kier molecular flexibility index (Phi) is 16.8. The number of nitrogens with zero attached hydrogens (tertiary/aromatic N) is 2. The number of aryl methyl sites for hydroxylation is 1. The molecular weight excluding hydrogens is 560 g/mol. The molecule has 3 aromatic rings. The van der Waals surface area contributed by atoms with E-state index in [-0.39, 0.29) is 18.4 Å². The fraction of sp³-hybridized carbons (Fsp3) is 0.513. The molecule has 1 heterocycles. The molecule has 0 unspecified atom stereocenters. The first-order chi connectivity index (χ1) is 22.1. The molecule has 0 aliphatic heterocycles. The van der Waals surface area contributed by atoms with E-state index in [4.69, 9.17) is 9.47 Å². The van der Waals surface area contributed by atoms with Crippen molar-refractivity contribution in [2.24, 2.45) is 0 Å². The molecule has 0 saturated heterocycles. The van der Waals surface area contributed by atoms with E-state index in [9.17, 15) is 9.59 Å². The second-order valence-corrected chi connectivity index (χ2v) is 11.9. The van der Waals surface area contributed by atoms with Crippen molar-refractivity contribution in [1.82, 2.24) is 4.90 Å². The van der Waals surface area contributed by atoms with Gasteiger partial charge in [0.15, 0.2) is 17.7 Å². The van der Waals surface area contributed by atoms with Crippen LogP contribution in [0.5, 0.6) is 11.5 Å². The molecule has 6 nitrogen and oxygen atoms in total. The molecule has 0 saturated carbocycles. The lowest BCUT2D eigenvalue weighted by atomic mass is 10.0. The zero-order valence-electron chi connectivity index (χ0n) is 28.0.